The molecule has 2 rings (SSSR count). The summed E-state index contributed by atoms with van der Waals surface area (Å²) in [6.07, 6.45) is -0.841. The molecule has 1 heterocycles. The lowest BCUT2D eigenvalue weighted by Gasteiger charge is -2.33. The first-order chi connectivity index (χ1) is 10.9. The minimum Gasteiger partial charge on any atom is -0.385 e. The fraction of sp³-hybridized carbons (Fsp3) is 0.588. The van der Waals surface area contributed by atoms with Crippen LogP contribution in [-0.2, 0) is 10.9 Å². The van der Waals surface area contributed by atoms with Crippen LogP contribution in [0.4, 0.5) is 13.2 Å². The first kappa shape index (κ1) is 17.8. The van der Waals surface area contributed by atoms with Crippen molar-refractivity contribution in [3.8, 4) is 0 Å². The molecule has 6 heteroatoms. The van der Waals surface area contributed by atoms with Crippen molar-refractivity contribution in [2.75, 3.05) is 26.8 Å². The van der Waals surface area contributed by atoms with Gasteiger partial charge in [0.05, 0.1) is 11.1 Å². The van der Waals surface area contributed by atoms with Crippen LogP contribution >= 0.6 is 0 Å². The largest absolute Gasteiger partial charge is 0.417 e. The minimum absolute atomic E-state index is 0.252. The van der Waals surface area contributed by atoms with Crippen LogP contribution in [0.25, 0.3) is 0 Å². The topological polar surface area (TPSA) is 29.5 Å². The quantitative estimate of drug-likeness (QED) is 0.765. The van der Waals surface area contributed by atoms with Gasteiger partial charge in [0.15, 0.2) is 0 Å². The molecule has 0 saturated carbocycles. The van der Waals surface area contributed by atoms with Crippen LogP contribution < -0.4 is 0 Å². The highest BCUT2D eigenvalue weighted by molar-refractivity contribution is 5.96. The van der Waals surface area contributed by atoms with Crippen molar-refractivity contribution >= 4 is 5.91 Å². The van der Waals surface area contributed by atoms with Crippen LogP contribution in [0.3, 0.4) is 0 Å². The number of ether oxygens (including phenoxy) is 1. The molecule has 0 bridgehead atoms. The molecule has 0 spiro atoms. The molecule has 1 saturated heterocycles. The van der Waals surface area contributed by atoms with E-state index < -0.39 is 17.6 Å². The molecule has 0 unspecified atom stereocenters. The van der Waals surface area contributed by atoms with Gasteiger partial charge in [0.25, 0.3) is 5.91 Å². The van der Waals surface area contributed by atoms with Crippen molar-refractivity contribution in [2.24, 2.45) is 5.92 Å². The number of methoxy groups -OCH3 is 1. The van der Waals surface area contributed by atoms with Gasteiger partial charge in [0.2, 0.25) is 0 Å². The van der Waals surface area contributed by atoms with Crippen LogP contribution in [0.15, 0.2) is 24.3 Å². The summed E-state index contributed by atoms with van der Waals surface area (Å²) in [5, 5.41) is 0. The zero-order chi connectivity index (χ0) is 16.9. The molecule has 3 nitrogen and oxygen atoms in total. The van der Waals surface area contributed by atoms with Crippen molar-refractivity contribution in [1.29, 1.82) is 0 Å². The predicted molar refractivity (Wildman–Crippen MR) is 81.2 cm³/mol. The lowest BCUT2D eigenvalue weighted by Crippen LogP contribution is -2.40. The molecule has 23 heavy (non-hydrogen) atoms. The summed E-state index contributed by atoms with van der Waals surface area (Å²) in [7, 11) is 1.64. The zero-order valence-corrected chi connectivity index (χ0v) is 13.2. The van der Waals surface area contributed by atoms with Gasteiger partial charge in [-0.25, -0.2) is 0 Å². The summed E-state index contributed by atoms with van der Waals surface area (Å²) in [5.41, 5.74) is -1.11. The van der Waals surface area contributed by atoms with Crippen LogP contribution in [0.1, 0.15) is 41.6 Å². The Labute approximate surface area is 134 Å². The van der Waals surface area contributed by atoms with Gasteiger partial charge in [0.1, 0.15) is 0 Å². The minimum atomic E-state index is -4.51. The summed E-state index contributed by atoms with van der Waals surface area (Å²) >= 11 is 0. The van der Waals surface area contributed by atoms with Gasteiger partial charge in [-0.05, 0) is 43.7 Å². The van der Waals surface area contributed by atoms with Crippen LogP contribution in [0.5, 0.6) is 0 Å². The monoisotopic (exact) mass is 329 g/mol. The van der Waals surface area contributed by atoms with E-state index in [9.17, 15) is 18.0 Å². The lowest BCUT2D eigenvalue weighted by molar-refractivity contribution is -0.138. The number of carbonyl (C=O) groups is 1. The summed E-state index contributed by atoms with van der Waals surface area (Å²) in [4.78, 5) is 14.1. The molecule has 0 radical (unpaired) electrons. The number of amides is 1. The van der Waals surface area contributed by atoms with Gasteiger partial charge in [0, 0.05) is 26.8 Å². The highest BCUT2D eigenvalue weighted by Gasteiger charge is 2.36. The number of rotatable bonds is 5. The second kappa shape index (κ2) is 7.81. The zero-order valence-electron chi connectivity index (χ0n) is 13.2. The van der Waals surface area contributed by atoms with Crippen LogP contribution in [-0.4, -0.2) is 37.6 Å². The van der Waals surface area contributed by atoms with E-state index in [1.54, 1.807) is 12.0 Å². The van der Waals surface area contributed by atoms with E-state index in [0.29, 0.717) is 25.6 Å². The van der Waals surface area contributed by atoms with E-state index >= 15 is 0 Å². The van der Waals surface area contributed by atoms with Crippen molar-refractivity contribution < 1.29 is 22.7 Å². The molecule has 1 aliphatic rings. The van der Waals surface area contributed by atoms with Gasteiger partial charge in [-0.15, -0.1) is 0 Å². The standard InChI is InChI=1S/C17H22F3NO2/c1-23-11-5-7-13-6-4-10-21(12-13)16(22)14-8-2-3-9-15(14)17(18,19)20/h2-3,8-9,13H,4-7,10-12H2,1H3/t13-/m1/s1. The predicted octanol–water partition coefficient (Wildman–Crippen LogP) is 3.98. The number of piperidine rings is 1. The molecular weight excluding hydrogens is 307 g/mol. The number of alkyl halides is 3. The van der Waals surface area contributed by atoms with E-state index in [-0.39, 0.29) is 5.56 Å². The average molecular weight is 329 g/mol. The van der Waals surface area contributed by atoms with Gasteiger partial charge in [-0.2, -0.15) is 13.2 Å². The van der Waals surface area contributed by atoms with Crippen molar-refractivity contribution in [1.82, 2.24) is 4.90 Å². The van der Waals surface area contributed by atoms with E-state index in [4.69, 9.17) is 4.74 Å². The number of benzene rings is 1. The molecule has 1 amide bonds. The second-order valence-electron chi connectivity index (χ2n) is 5.94. The van der Waals surface area contributed by atoms with Crippen molar-refractivity contribution in [3.63, 3.8) is 0 Å². The first-order valence-corrected chi connectivity index (χ1v) is 7.88. The maximum absolute atomic E-state index is 13.1. The fourth-order valence-electron chi connectivity index (χ4n) is 3.09. The Morgan fingerprint density at radius 1 is 1.35 bits per heavy atom. The summed E-state index contributed by atoms with van der Waals surface area (Å²) < 4.78 is 44.2. The Morgan fingerprint density at radius 3 is 2.78 bits per heavy atom. The number of nitrogens with zero attached hydrogens (tertiary/aromatic N) is 1. The maximum Gasteiger partial charge on any atom is 0.417 e. The molecule has 0 aromatic heterocycles. The summed E-state index contributed by atoms with van der Waals surface area (Å²) in [6, 6.07) is 5.01. The Hall–Kier alpha value is -1.56. The third-order valence-corrected chi connectivity index (χ3v) is 4.23. The summed E-state index contributed by atoms with van der Waals surface area (Å²) in [6.45, 7) is 1.71. The number of carbonyl (C=O) groups excluding carboxylic acids is 1. The number of likely N-dealkylation sites (tertiary alicyclic amines) is 1. The molecule has 0 N–H and O–H groups in total. The third-order valence-electron chi connectivity index (χ3n) is 4.23. The molecule has 128 valence electrons. The molecular formula is C17H22F3NO2. The Balaban J connectivity index is 2.08. The van der Waals surface area contributed by atoms with E-state index in [2.05, 4.69) is 0 Å². The molecule has 1 fully saturated rings. The Morgan fingerprint density at radius 2 is 2.09 bits per heavy atom. The molecule has 1 aromatic carbocycles. The number of halogens is 3. The summed E-state index contributed by atoms with van der Waals surface area (Å²) in [5.74, 6) is -0.185. The lowest BCUT2D eigenvalue weighted by atomic mass is 9.92. The Kier molecular flexibility index (Phi) is 6.04. The van der Waals surface area contributed by atoms with E-state index in [1.165, 1.54) is 18.2 Å². The normalized spacial score (nSPS) is 19.0. The van der Waals surface area contributed by atoms with Gasteiger partial charge in [-0.3, -0.25) is 4.79 Å². The van der Waals surface area contributed by atoms with Gasteiger partial charge in [-0.1, -0.05) is 12.1 Å². The molecule has 1 aliphatic heterocycles. The fourth-order valence-corrected chi connectivity index (χ4v) is 3.09. The number of hydrogen-bond acceptors (Lipinski definition) is 2. The van der Waals surface area contributed by atoms with Crippen LogP contribution in [0.2, 0.25) is 0 Å². The molecule has 1 atom stereocenters. The van der Waals surface area contributed by atoms with Gasteiger partial charge >= 0.3 is 6.18 Å². The maximum atomic E-state index is 13.1. The first-order valence-electron chi connectivity index (χ1n) is 7.88. The van der Waals surface area contributed by atoms with Crippen LogP contribution in [0, 0.1) is 5.92 Å². The molecule has 1 aromatic rings. The molecule has 0 aliphatic carbocycles. The Bertz CT molecular complexity index is 531. The van der Waals surface area contributed by atoms with Gasteiger partial charge < -0.3 is 9.64 Å². The SMILES string of the molecule is COCCC[C@H]1CCCN(C(=O)c2ccccc2C(F)(F)F)C1. The number of hydrogen-bond donors (Lipinski definition) is 0. The van der Waals surface area contributed by atoms with Crippen molar-refractivity contribution in [3.05, 3.63) is 35.4 Å². The van der Waals surface area contributed by atoms with E-state index in [1.807, 2.05) is 0 Å². The smallest absolute Gasteiger partial charge is 0.385 e. The second-order valence-corrected chi connectivity index (χ2v) is 5.94. The average Bonchev–Trinajstić information content (AvgIpc) is 2.54. The highest BCUT2D eigenvalue weighted by Crippen LogP contribution is 2.33. The third kappa shape index (κ3) is 4.70. The highest BCUT2D eigenvalue weighted by atomic mass is 19.4. The van der Waals surface area contributed by atoms with Crippen molar-refractivity contribution in [2.45, 2.75) is 31.9 Å². The van der Waals surface area contributed by atoms with E-state index in [0.717, 1.165) is 31.7 Å².